The molecule has 2 N–H and O–H groups in total. The van der Waals surface area contributed by atoms with Gasteiger partial charge in [0.25, 0.3) is 5.91 Å². The van der Waals surface area contributed by atoms with Crippen molar-refractivity contribution in [3.63, 3.8) is 0 Å². The minimum atomic E-state index is -1.21. The van der Waals surface area contributed by atoms with Crippen molar-refractivity contribution in [1.82, 2.24) is 0 Å². The maximum atomic E-state index is 12.8. The molecular formula is C24H16ClNO6. The third-order valence-electron chi connectivity index (χ3n) is 5.02. The fraction of sp³-hybridized carbons (Fsp3) is 0.0833. The second-order valence-electron chi connectivity index (χ2n) is 7.16. The van der Waals surface area contributed by atoms with Crippen molar-refractivity contribution in [2.75, 3.05) is 5.32 Å². The molecule has 160 valence electrons. The van der Waals surface area contributed by atoms with Crippen molar-refractivity contribution >= 4 is 40.7 Å². The van der Waals surface area contributed by atoms with Crippen LogP contribution >= 0.6 is 11.6 Å². The fourth-order valence-corrected chi connectivity index (χ4v) is 3.54. The minimum Gasteiger partial charge on any atom is -0.507 e. The standard InChI is InChI=1S/C24H16ClNO6/c1-12(32-24(31)19-10-13(25)6-9-20(19)27)23(30)26-14-7-8-17-18(11-14)22(29)16-5-3-2-4-15(16)21(17)28/h2-12,27H,1H3,(H,26,30). The van der Waals surface area contributed by atoms with Gasteiger partial charge in [0, 0.05) is 33.0 Å². The lowest BCUT2D eigenvalue weighted by Crippen LogP contribution is -2.30. The zero-order chi connectivity index (χ0) is 23.0. The van der Waals surface area contributed by atoms with Crippen molar-refractivity contribution in [3.8, 4) is 5.75 Å². The van der Waals surface area contributed by atoms with Crippen molar-refractivity contribution < 1.29 is 29.0 Å². The quantitative estimate of drug-likeness (QED) is 0.455. The normalized spacial score (nSPS) is 13.1. The molecule has 1 atom stereocenters. The first-order valence-electron chi connectivity index (χ1n) is 9.59. The number of nitrogens with one attached hydrogen (secondary N) is 1. The van der Waals surface area contributed by atoms with Gasteiger partial charge in [-0.3, -0.25) is 14.4 Å². The Morgan fingerprint density at radius 3 is 2.22 bits per heavy atom. The Hall–Kier alpha value is -3.97. The molecule has 0 aromatic heterocycles. The molecule has 0 aliphatic heterocycles. The van der Waals surface area contributed by atoms with Gasteiger partial charge < -0.3 is 15.2 Å². The highest BCUT2D eigenvalue weighted by molar-refractivity contribution is 6.31. The summed E-state index contributed by atoms with van der Waals surface area (Å²) in [6.07, 6.45) is -1.21. The van der Waals surface area contributed by atoms with Crippen LogP contribution in [0.5, 0.6) is 5.75 Å². The molecule has 8 heteroatoms. The summed E-state index contributed by atoms with van der Waals surface area (Å²) in [6.45, 7) is 1.36. The van der Waals surface area contributed by atoms with E-state index in [1.807, 2.05) is 0 Å². The van der Waals surface area contributed by atoms with Gasteiger partial charge in [-0.2, -0.15) is 0 Å². The molecule has 1 aliphatic carbocycles. The molecule has 32 heavy (non-hydrogen) atoms. The van der Waals surface area contributed by atoms with Crippen molar-refractivity contribution in [1.29, 1.82) is 0 Å². The molecule has 0 radical (unpaired) electrons. The van der Waals surface area contributed by atoms with Crippen LogP contribution in [-0.4, -0.2) is 34.7 Å². The summed E-state index contributed by atoms with van der Waals surface area (Å²) in [5, 5.41) is 12.6. The Bertz CT molecular complexity index is 1300. The summed E-state index contributed by atoms with van der Waals surface area (Å²) < 4.78 is 5.11. The number of rotatable bonds is 4. The minimum absolute atomic E-state index is 0.172. The summed E-state index contributed by atoms with van der Waals surface area (Å²) in [7, 11) is 0. The molecule has 0 heterocycles. The van der Waals surface area contributed by atoms with Crippen LogP contribution in [0.1, 0.15) is 49.1 Å². The topological polar surface area (TPSA) is 110 Å². The number of fused-ring (bicyclic) bond motifs is 2. The first-order chi connectivity index (χ1) is 15.3. The number of benzene rings is 3. The molecule has 3 aromatic carbocycles. The summed E-state index contributed by atoms with van der Waals surface area (Å²) in [4.78, 5) is 50.3. The van der Waals surface area contributed by atoms with Gasteiger partial charge in [0.05, 0.1) is 0 Å². The molecule has 0 spiro atoms. The number of esters is 1. The van der Waals surface area contributed by atoms with Gasteiger partial charge in [0.15, 0.2) is 17.7 Å². The van der Waals surface area contributed by atoms with E-state index in [1.54, 1.807) is 24.3 Å². The first kappa shape index (κ1) is 21.3. The van der Waals surface area contributed by atoms with E-state index in [4.69, 9.17) is 16.3 Å². The van der Waals surface area contributed by atoms with Gasteiger partial charge >= 0.3 is 5.97 Å². The van der Waals surface area contributed by atoms with E-state index >= 15 is 0 Å². The van der Waals surface area contributed by atoms with Gasteiger partial charge in [-0.05, 0) is 43.3 Å². The van der Waals surface area contributed by atoms with Crippen molar-refractivity contribution in [2.45, 2.75) is 13.0 Å². The molecular weight excluding hydrogens is 434 g/mol. The van der Waals surface area contributed by atoms with Crippen molar-refractivity contribution in [2.24, 2.45) is 0 Å². The Kier molecular flexibility index (Phi) is 5.50. The number of phenols is 1. The Balaban J connectivity index is 1.50. The SMILES string of the molecule is CC(OC(=O)c1cc(Cl)ccc1O)C(=O)Nc1ccc2c(c1)C(=O)c1ccccc1C2=O. The highest BCUT2D eigenvalue weighted by Crippen LogP contribution is 2.29. The van der Waals surface area contributed by atoms with Crippen LogP contribution in [-0.2, 0) is 9.53 Å². The second kappa shape index (κ2) is 8.28. The average Bonchev–Trinajstić information content (AvgIpc) is 2.78. The number of halogens is 1. The molecule has 1 amide bonds. The number of aromatic hydroxyl groups is 1. The number of hydrogen-bond acceptors (Lipinski definition) is 6. The number of ether oxygens (including phenoxy) is 1. The third-order valence-corrected chi connectivity index (χ3v) is 5.26. The van der Waals surface area contributed by atoms with Gasteiger partial charge in [0.2, 0.25) is 0 Å². The molecule has 1 unspecified atom stereocenters. The smallest absolute Gasteiger partial charge is 0.342 e. The highest BCUT2D eigenvalue weighted by Gasteiger charge is 2.30. The molecule has 0 saturated carbocycles. The monoisotopic (exact) mass is 449 g/mol. The largest absolute Gasteiger partial charge is 0.507 e. The van der Waals surface area contributed by atoms with E-state index in [0.717, 1.165) is 0 Å². The average molecular weight is 450 g/mol. The summed E-state index contributed by atoms with van der Waals surface area (Å²) in [6, 6.07) is 14.8. The van der Waals surface area contributed by atoms with Crippen LogP contribution in [0.4, 0.5) is 5.69 Å². The zero-order valence-electron chi connectivity index (χ0n) is 16.7. The van der Waals surface area contributed by atoms with Crippen LogP contribution in [0.25, 0.3) is 0 Å². The highest BCUT2D eigenvalue weighted by atomic mass is 35.5. The molecule has 0 saturated heterocycles. The molecule has 0 fully saturated rings. The second-order valence-corrected chi connectivity index (χ2v) is 7.60. The van der Waals surface area contributed by atoms with Crippen LogP contribution in [0.3, 0.4) is 0 Å². The number of anilines is 1. The number of carbonyl (C=O) groups is 4. The Morgan fingerprint density at radius 1 is 0.906 bits per heavy atom. The van der Waals surface area contributed by atoms with Crippen LogP contribution in [0.15, 0.2) is 60.7 Å². The molecule has 0 bridgehead atoms. The van der Waals surface area contributed by atoms with Gasteiger partial charge in [-0.1, -0.05) is 35.9 Å². The third kappa shape index (κ3) is 3.86. The maximum Gasteiger partial charge on any atom is 0.342 e. The van der Waals surface area contributed by atoms with Crippen LogP contribution in [0.2, 0.25) is 5.02 Å². The molecule has 7 nitrogen and oxygen atoms in total. The lowest BCUT2D eigenvalue weighted by Gasteiger charge is -2.19. The molecule has 3 aromatic rings. The number of phenolic OH excluding ortho intramolecular Hbond substituents is 1. The number of amides is 1. The summed E-state index contributed by atoms with van der Waals surface area (Å²) in [5.74, 6) is -2.49. The summed E-state index contributed by atoms with van der Waals surface area (Å²) >= 11 is 5.83. The summed E-state index contributed by atoms with van der Waals surface area (Å²) in [5.41, 5.74) is 1.17. The van der Waals surface area contributed by atoms with Gasteiger partial charge in [0.1, 0.15) is 11.3 Å². The van der Waals surface area contributed by atoms with Gasteiger partial charge in [-0.15, -0.1) is 0 Å². The Morgan fingerprint density at radius 2 is 1.53 bits per heavy atom. The fourth-order valence-electron chi connectivity index (χ4n) is 3.37. The van der Waals surface area contributed by atoms with E-state index in [2.05, 4.69) is 5.32 Å². The predicted molar refractivity (Wildman–Crippen MR) is 116 cm³/mol. The van der Waals surface area contributed by atoms with Crippen LogP contribution < -0.4 is 5.32 Å². The maximum absolute atomic E-state index is 12.8. The van der Waals surface area contributed by atoms with E-state index in [9.17, 15) is 24.3 Å². The van der Waals surface area contributed by atoms with E-state index in [1.165, 1.54) is 43.3 Å². The van der Waals surface area contributed by atoms with E-state index in [0.29, 0.717) is 11.1 Å². The zero-order valence-corrected chi connectivity index (χ0v) is 17.5. The number of ketones is 2. The first-order valence-corrected chi connectivity index (χ1v) is 9.97. The van der Waals surface area contributed by atoms with Crippen molar-refractivity contribution in [3.05, 3.63) is 93.5 Å². The molecule has 4 rings (SSSR count). The molecule has 1 aliphatic rings. The number of carbonyl (C=O) groups excluding carboxylic acids is 4. The lowest BCUT2D eigenvalue weighted by molar-refractivity contribution is -0.123. The van der Waals surface area contributed by atoms with Gasteiger partial charge in [-0.25, -0.2) is 4.79 Å². The van der Waals surface area contributed by atoms with E-state index < -0.39 is 18.0 Å². The number of hydrogen-bond donors (Lipinski definition) is 2. The Labute approximate surface area is 187 Å². The lowest BCUT2D eigenvalue weighted by atomic mass is 9.84. The van der Waals surface area contributed by atoms with E-state index in [-0.39, 0.29) is 44.7 Å². The predicted octanol–water partition coefficient (Wildman–Crippen LogP) is 4.01. The van der Waals surface area contributed by atoms with Crippen LogP contribution in [0, 0.1) is 0 Å².